The summed E-state index contributed by atoms with van der Waals surface area (Å²) in [6.45, 7) is 0. The van der Waals surface area contributed by atoms with Gasteiger partial charge in [-0.2, -0.15) is 0 Å². The molecule has 1 aromatic rings. The Morgan fingerprint density at radius 1 is 1.42 bits per heavy atom. The fourth-order valence-corrected chi connectivity index (χ4v) is 3.43. The van der Waals surface area contributed by atoms with E-state index in [2.05, 4.69) is 0 Å². The Bertz CT molecular complexity index is 289. The first kappa shape index (κ1) is 10.2. The molecule has 0 heterocycles. The maximum absolute atomic E-state index is 9.44. The molecule has 0 saturated carbocycles. The van der Waals surface area contributed by atoms with Crippen molar-refractivity contribution in [2.24, 2.45) is 0 Å². The molecule has 12 heavy (non-hydrogen) atoms. The van der Waals surface area contributed by atoms with Gasteiger partial charge in [-0.3, -0.25) is 0 Å². The first-order chi connectivity index (χ1) is 5.64. The second-order valence-electron chi connectivity index (χ2n) is 2.06. The van der Waals surface area contributed by atoms with Crippen LogP contribution in [0.5, 0.6) is 0 Å². The van der Waals surface area contributed by atoms with Crippen molar-refractivity contribution < 1.29 is 9.42 Å². The standard InChI is InChI=1S/C7H9O2PS2/c1-9-10(8,11)12-7-5-3-2-4-6-7/h2-6H,1H3,(H,8,11). The Morgan fingerprint density at radius 3 is 2.50 bits per heavy atom. The summed E-state index contributed by atoms with van der Waals surface area (Å²) in [6, 6.07) is 9.49. The van der Waals surface area contributed by atoms with Gasteiger partial charge in [0.2, 0.25) is 5.69 Å². The maximum Gasteiger partial charge on any atom is 0.249 e. The van der Waals surface area contributed by atoms with Gasteiger partial charge in [0, 0.05) is 12.0 Å². The van der Waals surface area contributed by atoms with Crippen LogP contribution in [0.2, 0.25) is 0 Å². The molecule has 1 rings (SSSR count). The van der Waals surface area contributed by atoms with Gasteiger partial charge < -0.3 is 9.42 Å². The van der Waals surface area contributed by atoms with E-state index in [9.17, 15) is 4.89 Å². The van der Waals surface area contributed by atoms with Crippen LogP contribution < -0.4 is 0 Å². The summed E-state index contributed by atoms with van der Waals surface area (Å²) in [4.78, 5) is 10.4. The van der Waals surface area contributed by atoms with Gasteiger partial charge in [-0.25, -0.2) is 0 Å². The molecule has 1 atom stereocenters. The minimum atomic E-state index is -2.65. The lowest BCUT2D eigenvalue weighted by atomic mass is 10.4. The van der Waals surface area contributed by atoms with Gasteiger partial charge in [-0.1, -0.05) is 18.2 Å². The predicted octanol–water partition coefficient (Wildman–Crippen LogP) is 2.64. The van der Waals surface area contributed by atoms with Crippen molar-refractivity contribution in [2.75, 3.05) is 7.11 Å². The van der Waals surface area contributed by atoms with Crippen LogP contribution in [0.1, 0.15) is 0 Å². The molecular formula is C7H9O2PS2. The molecular weight excluding hydrogens is 211 g/mol. The largest absolute Gasteiger partial charge is 0.337 e. The lowest BCUT2D eigenvalue weighted by Gasteiger charge is -2.10. The highest BCUT2D eigenvalue weighted by atomic mass is 32.9. The van der Waals surface area contributed by atoms with E-state index in [-0.39, 0.29) is 0 Å². The molecule has 0 aliphatic carbocycles. The minimum absolute atomic E-state index is 0.935. The van der Waals surface area contributed by atoms with Gasteiger partial charge >= 0.3 is 0 Å². The summed E-state index contributed by atoms with van der Waals surface area (Å²) in [5, 5.41) is 0. The molecule has 0 bridgehead atoms. The summed E-state index contributed by atoms with van der Waals surface area (Å²) >= 11 is 6.04. The van der Waals surface area contributed by atoms with Crippen molar-refractivity contribution in [3.8, 4) is 0 Å². The summed E-state index contributed by atoms with van der Waals surface area (Å²) < 4.78 is 4.79. The van der Waals surface area contributed by atoms with Gasteiger partial charge in [0.1, 0.15) is 0 Å². The molecule has 5 heteroatoms. The van der Waals surface area contributed by atoms with E-state index in [1.165, 1.54) is 18.5 Å². The number of rotatable bonds is 3. The highest BCUT2D eigenvalue weighted by Crippen LogP contribution is 2.58. The highest BCUT2D eigenvalue weighted by molar-refractivity contribution is 8.67. The van der Waals surface area contributed by atoms with Crippen LogP contribution in [-0.4, -0.2) is 12.0 Å². The predicted molar refractivity (Wildman–Crippen MR) is 55.8 cm³/mol. The third-order valence-electron chi connectivity index (χ3n) is 1.19. The lowest BCUT2D eigenvalue weighted by Crippen LogP contribution is -1.76. The van der Waals surface area contributed by atoms with E-state index in [1.54, 1.807) is 0 Å². The molecule has 1 aromatic carbocycles. The van der Waals surface area contributed by atoms with Crippen molar-refractivity contribution >= 4 is 28.9 Å². The van der Waals surface area contributed by atoms with Crippen LogP contribution in [0.25, 0.3) is 0 Å². The fourth-order valence-electron chi connectivity index (χ4n) is 0.652. The van der Waals surface area contributed by atoms with Crippen LogP contribution in [0.4, 0.5) is 0 Å². The minimum Gasteiger partial charge on any atom is -0.337 e. The molecule has 0 amide bonds. The van der Waals surface area contributed by atoms with Crippen molar-refractivity contribution in [3.05, 3.63) is 30.3 Å². The number of hydrogen-bond donors (Lipinski definition) is 1. The maximum atomic E-state index is 9.44. The molecule has 2 nitrogen and oxygen atoms in total. The lowest BCUT2D eigenvalue weighted by molar-refractivity contribution is 0.404. The summed E-state index contributed by atoms with van der Waals surface area (Å²) in [5.74, 6) is 0. The topological polar surface area (TPSA) is 29.5 Å². The molecule has 1 N–H and O–H groups in total. The van der Waals surface area contributed by atoms with E-state index in [0.29, 0.717) is 0 Å². The quantitative estimate of drug-likeness (QED) is 0.793. The second-order valence-corrected chi connectivity index (χ2v) is 8.22. The number of benzene rings is 1. The molecule has 66 valence electrons. The molecule has 0 saturated heterocycles. The third-order valence-corrected chi connectivity index (χ3v) is 5.26. The molecule has 0 aliphatic heterocycles. The van der Waals surface area contributed by atoms with Crippen LogP contribution in [0.15, 0.2) is 35.2 Å². The Hall–Kier alpha value is 0.140. The van der Waals surface area contributed by atoms with Crippen molar-refractivity contribution in [1.82, 2.24) is 0 Å². The monoisotopic (exact) mass is 220 g/mol. The van der Waals surface area contributed by atoms with Crippen molar-refractivity contribution in [3.63, 3.8) is 0 Å². The van der Waals surface area contributed by atoms with Crippen LogP contribution >= 0.6 is 17.1 Å². The average Bonchev–Trinajstić information content (AvgIpc) is 2.06. The van der Waals surface area contributed by atoms with Gasteiger partial charge in [-0.05, 0) is 35.3 Å². The zero-order valence-electron chi connectivity index (χ0n) is 6.51. The smallest absolute Gasteiger partial charge is 0.249 e. The zero-order chi connectivity index (χ0) is 9.03. The number of hydrogen-bond acceptors (Lipinski definition) is 3. The summed E-state index contributed by atoms with van der Waals surface area (Å²) in [6.07, 6.45) is 0. The van der Waals surface area contributed by atoms with Crippen molar-refractivity contribution in [1.29, 1.82) is 0 Å². The summed E-state index contributed by atoms with van der Waals surface area (Å²) in [7, 11) is 1.43. The van der Waals surface area contributed by atoms with E-state index >= 15 is 0 Å². The third kappa shape index (κ3) is 3.25. The van der Waals surface area contributed by atoms with E-state index in [1.807, 2.05) is 30.3 Å². The van der Waals surface area contributed by atoms with E-state index in [0.717, 1.165) is 4.90 Å². The van der Waals surface area contributed by atoms with Crippen LogP contribution in [-0.2, 0) is 16.3 Å². The first-order valence-corrected chi connectivity index (χ1v) is 7.37. The first-order valence-electron chi connectivity index (χ1n) is 3.27. The Balaban J connectivity index is 2.71. The van der Waals surface area contributed by atoms with E-state index < -0.39 is 5.69 Å². The zero-order valence-corrected chi connectivity index (χ0v) is 9.03. The van der Waals surface area contributed by atoms with Crippen LogP contribution in [0.3, 0.4) is 0 Å². The summed E-state index contributed by atoms with van der Waals surface area (Å²) in [5.41, 5.74) is -2.65. The van der Waals surface area contributed by atoms with Crippen molar-refractivity contribution in [2.45, 2.75) is 4.90 Å². The molecule has 0 fully saturated rings. The van der Waals surface area contributed by atoms with Gasteiger partial charge in [0.15, 0.2) is 0 Å². The molecule has 0 radical (unpaired) electrons. The highest BCUT2D eigenvalue weighted by Gasteiger charge is 2.12. The Kier molecular flexibility index (Phi) is 3.75. The second kappa shape index (κ2) is 4.40. The average molecular weight is 220 g/mol. The van der Waals surface area contributed by atoms with E-state index in [4.69, 9.17) is 16.3 Å². The fraction of sp³-hybridized carbons (Fsp3) is 0.143. The molecule has 0 aromatic heterocycles. The van der Waals surface area contributed by atoms with Gasteiger partial charge in [0.05, 0.1) is 0 Å². The molecule has 0 spiro atoms. The SMILES string of the molecule is COP(O)(=S)Sc1ccccc1. The van der Waals surface area contributed by atoms with Crippen LogP contribution in [0, 0.1) is 0 Å². The van der Waals surface area contributed by atoms with Gasteiger partial charge in [0.25, 0.3) is 0 Å². The normalized spacial score (nSPS) is 15.5. The Labute approximate surface area is 80.9 Å². The Morgan fingerprint density at radius 2 is 2.00 bits per heavy atom. The molecule has 0 aliphatic rings. The van der Waals surface area contributed by atoms with Gasteiger partial charge in [-0.15, -0.1) is 0 Å². The molecule has 1 unspecified atom stereocenters.